The summed E-state index contributed by atoms with van der Waals surface area (Å²) in [4.78, 5) is 22.7. The van der Waals surface area contributed by atoms with Crippen molar-refractivity contribution < 1.29 is 19.2 Å². The third kappa shape index (κ3) is 5.43. The summed E-state index contributed by atoms with van der Waals surface area (Å²) in [6, 6.07) is 13.3. The van der Waals surface area contributed by atoms with Crippen LogP contribution in [0.1, 0.15) is 23.2 Å². The van der Waals surface area contributed by atoms with Crippen molar-refractivity contribution in [1.82, 2.24) is 5.32 Å². The fourth-order valence-electron chi connectivity index (χ4n) is 2.92. The smallest absolute Gasteiger partial charge is 0.269 e. The van der Waals surface area contributed by atoms with E-state index < -0.39 is 4.92 Å². The van der Waals surface area contributed by atoms with Crippen LogP contribution in [0.4, 0.5) is 11.4 Å². The van der Waals surface area contributed by atoms with Crippen molar-refractivity contribution in [3.05, 3.63) is 64.2 Å². The number of benzene rings is 2. The second kappa shape index (κ2) is 9.70. The molecule has 1 saturated heterocycles. The minimum absolute atomic E-state index is 0.0402. The summed E-state index contributed by atoms with van der Waals surface area (Å²) < 4.78 is 11.3. The Morgan fingerprint density at radius 3 is 2.68 bits per heavy atom. The van der Waals surface area contributed by atoms with Gasteiger partial charge >= 0.3 is 0 Å². The van der Waals surface area contributed by atoms with Gasteiger partial charge in [-0.25, -0.2) is 0 Å². The summed E-state index contributed by atoms with van der Waals surface area (Å²) in [6.07, 6.45) is 2.10. The molecule has 3 rings (SSSR count). The maximum absolute atomic E-state index is 12.5. The number of nitrogens with one attached hydrogen (secondary N) is 2. The highest BCUT2D eigenvalue weighted by Gasteiger charge is 2.18. The van der Waals surface area contributed by atoms with Crippen molar-refractivity contribution in [3.8, 4) is 5.75 Å². The first kappa shape index (κ1) is 19.6. The molecule has 1 aliphatic rings. The zero-order valence-electron chi connectivity index (χ0n) is 15.4. The lowest BCUT2D eigenvalue weighted by Gasteiger charge is -2.14. The van der Waals surface area contributed by atoms with Gasteiger partial charge in [-0.1, -0.05) is 12.1 Å². The molecule has 8 heteroatoms. The van der Waals surface area contributed by atoms with Crippen LogP contribution in [0, 0.1) is 10.1 Å². The Balaban J connectivity index is 1.46. The maximum Gasteiger partial charge on any atom is 0.269 e. The van der Waals surface area contributed by atoms with Crippen molar-refractivity contribution in [2.75, 3.05) is 31.6 Å². The van der Waals surface area contributed by atoms with Crippen LogP contribution >= 0.6 is 0 Å². The van der Waals surface area contributed by atoms with Gasteiger partial charge in [0.1, 0.15) is 12.4 Å². The average molecular weight is 385 g/mol. The van der Waals surface area contributed by atoms with Gasteiger partial charge < -0.3 is 20.1 Å². The van der Waals surface area contributed by atoms with E-state index in [1.165, 1.54) is 12.1 Å². The number of nitrogens with zero attached hydrogens (tertiary/aromatic N) is 1. The van der Waals surface area contributed by atoms with Gasteiger partial charge in [-0.2, -0.15) is 0 Å². The van der Waals surface area contributed by atoms with Crippen molar-refractivity contribution in [3.63, 3.8) is 0 Å². The molecule has 0 saturated carbocycles. The predicted octanol–water partition coefficient (Wildman–Crippen LogP) is 2.99. The number of nitro benzene ring substituents is 1. The molecule has 0 bridgehead atoms. The number of carbonyl (C=O) groups excluding carboxylic acids is 1. The van der Waals surface area contributed by atoms with Crippen LogP contribution in [-0.2, 0) is 4.74 Å². The van der Waals surface area contributed by atoms with E-state index in [1.54, 1.807) is 30.3 Å². The standard InChI is InChI=1S/C20H23N3O5/c24-20(22-12-11-21-15-7-9-16(10-8-15)23(25)26)18-5-1-2-6-19(18)28-14-17-4-3-13-27-17/h1-2,5-10,17,21H,3-4,11-14H2,(H,22,24)/t17-/m0/s1. The monoisotopic (exact) mass is 385 g/mol. The Labute approximate surface area is 163 Å². The fraction of sp³-hybridized carbons (Fsp3) is 0.350. The number of rotatable bonds is 9. The SMILES string of the molecule is O=C(NCCNc1ccc([N+](=O)[O-])cc1)c1ccccc1OC[C@@H]1CCCO1. The molecule has 0 spiro atoms. The van der Waals surface area contributed by atoms with E-state index in [1.807, 2.05) is 6.07 Å². The van der Waals surface area contributed by atoms with Crippen LogP contribution in [0.25, 0.3) is 0 Å². The largest absolute Gasteiger partial charge is 0.490 e. The first-order valence-corrected chi connectivity index (χ1v) is 9.23. The zero-order valence-corrected chi connectivity index (χ0v) is 15.4. The molecule has 1 aliphatic heterocycles. The average Bonchev–Trinajstić information content (AvgIpc) is 3.24. The summed E-state index contributed by atoms with van der Waals surface area (Å²) >= 11 is 0. The third-order valence-corrected chi connectivity index (χ3v) is 4.40. The molecule has 2 N–H and O–H groups in total. The predicted molar refractivity (Wildman–Crippen MR) is 105 cm³/mol. The number of nitro groups is 1. The minimum Gasteiger partial charge on any atom is -0.490 e. The summed E-state index contributed by atoms with van der Waals surface area (Å²) in [7, 11) is 0. The van der Waals surface area contributed by atoms with Gasteiger partial charge in [0.2, 0.25) is 0 Å². The molecule has 0 aromatic heterocycles. The molecule has 28 heavy (non-hydrogen) atoms. The van der Waals surface area contributed by atoms with Crippen LogP contribution in [0.15, 0.2) is 48.5 Å². The summed E-state index contributed by atoms with van der Waals surface area (Å²) in [6.45, 7) is 2.09. The summed E-state index contributed by atoms with van der Waals surface area (Å²) in [5, 5.41) is 16.6. The lowest BCUT2D eigenvalue weighted by Crippen LogP contribution is -2.29. The van der Waals surface area contributed by atoms with E-state index in [0.717, 1.165) is 25.1 Å². The topological polar surface area (TPSA) is 103 Å². The van der Waals surface area contributed by atoms with E-state index >= 15 is 0 Å². The molecule has 2 aromatic rings. The molecular formula is C20H23N3O5. The molecule has 8 nitrogen and oxygen atoms in total. The van der Waals surface area contributed by atoms with Gasteiger partial charge in [0.15, 0.2) is 0 Å². The molecular weight excluding hydrogens is 362 g/mol. The van der Waals surface area contributed by atoms with Crippen LogP contribution < -0.4 is 15.4 Å². The molecule has 0 radical (unpaired) electrons. The van der Waals surface area contributed by atoms with Crippen molar-refractivity contribution in [1.29, 1.82) is 0 Å². The van der Waals surface area contributed by atoms with Crippen molar-refractivity contribution >= 4 is 17.3 Å². The molecule has 0 unspecified atom stereocenters. The van der Waals surface area contributed by atoms with Gasteiger partial charge in [0.25, 0.3) is 11.6 Å². The van der Waals surface area contributed by atoms with Crippen molar-refractivity contribution in [2.45, 2.75) is 18.9 Å². The van der Waals surface area contributed by atoms with Crippen LogP contribution in [0.5, 0.6) is 5.75 Å². The third-order valence-electron chi connectivity index (χ3n) is 4.40. The Hall–Kier alpha value is -3.13. The Morgan fingerprint density at radius 1 is 1.18 bits per heavy atom. The Bertz CT molecular complexity index is 804. The molecule has 148 valence electrons. The molecule has 0 aliphatic carbocycles. The van der Waals surface area contributed by atoms with Gasteiger partial charge in [-0.15, -0.1) is 0 Å². The van der Waals surface area contributed by atoms with Gasteiger partial charge in [0, 0.05) is 37.5 Å². The highest BCUT2D eigenvalue weighted by Crippen LogP contribution is 2.20. The first-order valence-electron chi connectivity index (χ1n) is 9.23. The van der Waals surface area contributed by atoms with E-state index in [0.29, 0.717) is 31.0 Å². The van der Waals surface area contributed by atoms with Crippen LogP contribution in [0.2, 0.25) is 0 Å². The quantitative estimate of drug-likeness (QED) is 0.391. The van der Waals surface area contributed by atoms with Crippen LogP contribution in [0.3, 0.4) is 0 Å². The van der Waals surface area contributed by atoms with E-state index in [-0.39, 0.29) is 17.7 Å². The van der Waals surface area contributed by atoms with E-state index in [4.69, 9.17) is 9.47 Å². The number of para-hydroxylation sites is 1. The molecule has 1 amide bonds. The number of amides is 1. The maximum atomic E-state index is 12.5. The number of carbonyl (C=O) groups is 1. The van der Waals surface area contributed by atoms with E-state index in [9.17, 15) is 14.9 Å². The first-order chi connectivity index (χ1) is 13.6. The van der Waals surface area contributed by atoms with E-state index in [2.05, 4.69) is 10.6 Å². The van der Waals surface area contributed by atoms with Gasteiger partial charge in [-0.05, 0) is 37.1 Å². The number of anilines is 1. The zero-order chi connectivity index (χ0) is 19.8. The van der Waals surface area contributed by atoms with Gasteiger partial charge in [0.05, 0.1) is 16.6 Å². The Kier molecular flexibility index (Phi) is 6.80. The number of hydrogen-bond donors (Lipinski definition) is 2. The lowest BCUT2D eigenvalue weighted by molar-refractivity contribution is -0.384. The van der Waals surface area contributed by atoms with Crippen molar-refractivity contribution in [2.24, 2.45) is 0 Å². The van der Waals surface area contributed by atoms with Crippen LogP contribution in [-0.4, -0.2) is 43.2 Å². The normalized spacial score (nSPS) is 15.8. The molecule has 2 aromatic carbocycles. The number of hydrogen-bond acceptors (Lipinski definition) is 6. The number of ether oxygens (including phenoxy) is 2. The molecule has 1 heterocycles. The number of non-ortho nitro benzene ring substituents is 1. The molecule has 1 fully saturated rings. The second-order valence-corrected chi connectivity index (χ2v) is 6.43. The minimum atomic E-state index is -0.442. The van der Waals surface area contributed by atoms with Gasteiger partial charge in [-0.3, -0.25) is 14.9 Å². The molecule has 1 atom stereocenters. The summed E-state index contributed by atoms with van der Waals surface area (Å²) in [5.74, 6) is 0.326. The fourth-order valence-corrected chi connectivity index (χ4v) is 2.92. The summed E-state index contributed by atoms with van der Waals surface area (Å²) in [5.41, 5.74) is 1.27. The Morgan fingerprint density at radius 2 is 1.96 bits per heavy atom. The highest BCUT2D eigenvalue weighted by atomic mass is 16.6. The highest BCUT2D eigenvalue weighted by molar-refractivity contribution is 5.96. The lowest BCUT2D eigenvalue weighted by atomic mass is 10.2. The second-order valence-electron chi connectivity index (χ2n) is 6.43.